The zero-order chi connectivity index (χ0) is 11.9. The third kappa shape index (κ3) is 1.66. The molecule has 0 amide bonds. The lowest BCUT2D eigenvalue weighted by atomic mass is 9.60. The summed E-state index contributed by atoms with van der Waals surface area (Å²) in [6, 6.07) is 0. The summed E-state index contributed by atoms with van der Waals surface area (Å²) < 4.78 is 4.91. The van der Waals surface area contributed by atoms with Gasteiger partial charge in [0.1, 0.15) is 0 Å². The molecule has 2 aliphatic rings. The Morgan fingerprint density at radius 2 is 2.00 bits per heavy atom. The Morgan fingerprint density at radius 1 is 1.31 bits per heavy atom. The van der Waals surface area contributed by atoms with Crippen LogP contribution in [0, 0.1) is 29.1 Å². The van der Waals surface area contributed by atoms with E-state index >= 15 is 0 Å². The third-order valence-corrected chi connectivity index (χ3v) is 5.59. The van der Waals surface area contributed by atoms with Gasteiger partial charge in [0.2, 0.25) is 0 Å². The highest BCUT2D eigenvalue weighted by Crippen LogP contribution is 2.58. The quantitative estimate of drug-likeness (QED) is 0.639. The van der Waals surface area contributed by atoms with Crippen LogP contribution in [0.25, 0.3) is 0 Å². The first-order valence-corrected chi connectivity index (χ1v) is 6.57. The Bertz CT molecular complexity index is 286. The van der Waals surface area contributed by atoms with E-state index in [-0.39, 0.29) is 11.9 Å². The lowest BCUT2D eigenvalue weighted by Gasteiger charge is -2.45. The molecule has 0 aromatic rings. The SMILES string of the molecule is COC(=O)[C@H]1C[C@@H]2CCC(C)C(C)C2(C)C1. The van der Waals surface area contributed by atoms with Crippen LogP contribution in [0.5, 0.6) is 0 Å². The highest BCUT2D eigenvalue weighted by atomic mass is 16.5. The monoisotopic (exact) mass is 224 g/mol. The number of methoxy groups -OCH3 is 1. The van der Waals surface area contributed by atoms with Gasteiger partial charge in [-0.25, -0.2) is 0 Å². The van der Waals surface area contributed by atoms with Crippen molar-refractivity contribution in [2.24, 2.45) is 29.1 Å². The summed E-state index contributed by atoms with van der Waals surface area (Å²) in [7, 11) is 1.51. The van der Waals surface area contributed by atoms with E-state index in [9.17, 15) is 4.79 Å². The summed E-state index contributed by atoms with van der Waals surface area (Å²) in [6.07, 6.45) is 4.72. The van der Waals surface area contributed by atoms with Crippen molar-refractivity contribution in [1.29, 1.82) is 0 Å². The van der Waals surface area contributed by atoms with Crippen LogP contribution in [0.2, 0.25) is 0 Å². The maximum atomic E-state index is 11.7. The largest absolute Gasteiger partial charge is 0.469 e. The van der Waals surface area contributed by atoms with Crippen LogP contribution in [0.4, 0.5) is 0 Å². The van der Waals surface area contributed by atoms with Crippen LogP contribution in [0.15, 0.2) is 0 Å². The fourth-order valence-electron chi connectivity index (χ4n) is 4.11. The second kappa shape index (κ2) is 4.05. The molecule has 0 radical (unpaired) electrons. The molecule has 0 aliphatic heterocycles. The normalized spacial score (nSPS) is 47.5. The average Bonchev–Trinajstić information content (AvgIpc) is 2.62. The van der Waals surface area contributed by atoms with Gasteiger partial charge in [-0.1, -0.05) is 27.2 Å². The van der Waals surface area contributed by atoms with Gasteiger partial charge >= 0.3 is 5.97 Å². The highest BCUT2D eigenvalue weighted by molar-refractivity contribution is 5.72. The molecule has 0 N–H and O–H groups in total. The minimum atomic E-state index is 0.00970. The topological polar surface area (TPSA) is 26.3 Å². The van der Waals surface area contributed by atoms with Crippen molar-refractivity contribution in [1.82, 2.24) is 0 Å². The minimum Gasteiger partial charge on any atom is -0.469 e. The molecule has 0 saturated heterocycles. The van der Waals surface area contributed by atoms with Gasteiger partial charge in [-0.15, -0.1) is 0 Å². The molecule has 92 valence electrons. The maximum absolute atomic E-state index is 11.7. The number of esters is 1. The molecule has 2 fully saturated rings. The van der Waals surface area contributed by atoms with Crippen LogP contribution >= 0.6 is 0 Å². The Morgan fingerprint density at radius 3 is 2.62 bits per heavy atom. The summed E-state index contributed by atoms with van der Waals surface area (Å²) in [5.41, 5.74) is 0.372. The van der Waals surface area contributed by atoms with Gasteiger partial charge in [0, 0.05) is 0 Å². The third-order valence-electron chi connectivity index (χ3n) is 5.59. The second-order valence-electron chi connectivity index (χ2n) is 6.21. The van der Waals surface area contributed by atoms with E-state index < -0.39 is 0 Å². The van der Waals surface area contributed by atoms with E-state index in [1.165, 1.54) is 20.0 Å². The highest BCUT2D eigenvalue weighted by Gasteiger charge is 2.52. The number of hydrogen-bond donors (Lipinski definition) is 0. The fourth-order valence-corrected chi connectivity index (χ4v) is 4.11. The number of ether oxygens (including phenoxy) is 1. The van der Waals surface area contributed by atoms with Crippen LogP contribution < -0.4 is 0 Å². The summed E-state index contributed by atoms with van der Waals surface area (Å²) in [5.74, 6) is 2.45. The van der Waals surface area contributed by atoms with Crippen molar-refractivity contribution >= 4 is 5.97 Å². The molecule has 3 unspecified atom stereocenters. The molecule has 2 rings (SSSR count). The lowest BCUT2D eigenvalue weighted by Crippen LogP contribution is -2.38. The lowest BCUT2D eigenvalue weighted by molar-refractivity contribution is -0.145. The summed E-state index contributed by atoms with van der Waals surface area (Å²) in [6.45, 7) is 7.12. The number of carbonyl (C=O) groups excluding carboxylic acids is 1. The number of carbonyl (C=O) groups is 1. The zero-order valence-electron chi connectivity index (χ0n) is 11.0. The van der Waals surface area contributed by atoms with Crippen LogP contribution in [-0.4, -0.2) is 13.1 Å². The summed E-state index contributed by atoms with van der Waals surface area (Å²) >= 11 is 0. The zero-order valence-corrected chi connectivity index (χ0v) is 11.0. The summed E-state index contributed by atoms with van der Waals surface area (Å²) in [4.78, 5) is 11.7. The number of rotatable bonds is 1. The smallest absolute Gasteiger partial charge is 0.308 e. The molecule has 2 aliphatic carbocycles. The second-order valence-corrected chi connectivity index (χ2v) is 6.21. The minimum absolute atomic E-state index is 0.00970. The number of hydrogen-bond acceptors (Lipinski definition) is 2. The predicted octanol–water partition coefficient (Wildman–Crippen LogP) is 3.26. The van der Waals surface area contributed by atoms with Gasteiger partial charge in [-0.3, -0.25) is 4.79 Å². The molecular weight excluding hydrogens is 200 g/mol. The van der Waals surface area contributed by atoms with Gasteiger partial charge in [0.15, 0.2) is 0 Å². The Labute approximate surface area is 98.7 Å². The van der Waals surface area contributed by atoms with Crippen LogP contribution in [0.1, 0.15) is 46.5 Å². The van der Waals surface area contributed by atoms with Crippen LogP contribution in [-0.2, 0) is 9.53 Å². The molecule has 2 saturated carbocycles. The van der Waals surface area contributed by atoms with Gasteiger partial charge in [-0.2, -0.15) is 0 Å². The molecular formula is C14H24O2. The van der Waals surface area contributed by atoms with Crippen molar-refractivity contribution in [3.63, 3.8) is 0 Å². The van der Waals surface area contributed by atoms with Gasteiger partial charge in [0.25, 0.3) is 0 Å². The van der Waals surface area contributed by atoms with E-state index in [4.69, 9.17) is 4.74 Å². The molecule has 16 heavy (non-hydrogen) atoms. The molecule has 0 aromatic heterocycles. The molecule has 0 aromatic carbocycles. The van der Waals surface area contributed by atoms with E-state index in [1.807, 2.05) is 0 Å². The molecule has 0 heterocycles. The van der Waals surface area contributed by atoms with E-state index in [0.29, 0.717) is 5.41 Å². The first-order chi connectivity index (χ1) is 7.49. The fraction of sp³-hybridized carbons (Fsp3) is 0.929. The van der Waals surface area contributed by atoms with E-state index in [2.05, 4.69) is 20.8 Å². The van der Waals surface area contributed by atoms with Crippen molar-refractivity contribution in [3.05, 3.63) is 0 Å². The first kappa shape index (κ1) is 11.9. The first-order valence-electron chi connectivity index (χ1n) is 6.57. The Hall–Kier alpha value is -0.530. The maximum Gasteiger partial charge on any atom is 0.308 e. The van der Waals surface area contributed by atoms with Gasteiger partial charge in [-0.05, 0) is 42.4 Å². The van der Waals surface area contributed by atoms with Gasteiger partial charge < -0.3 is 4.74 Å². The van der Waals surface area contributed by atoms with Gasteiger partial charge in [0.05, 0.1) is 13.0 Å². The molecule has 0 spiro atoms. The molecule has 5 atom stereocenters. The predicted molar refractivity (Wildman–Crippen MR) is 63.9 cm³/mol. The Kier molecular flexibility index (Phi) is 3.02. The molecule has 2 nitrogen and oxygen atoms in total. The standard InChI is InChI=1S/C14H24O2/c1-9-5-6-12-7-11(13(15)16-4)8-14(12,3)10(9)2/h9-12H,5-8H2,1-4H3/t9?,10?,11-,12-,14?/m0/s1. The molecule has 0 bridgehead atoms. The van der Waals surface area contributed by atoms with Crippen LogP contribution in [0.3, 0.4) is 0 Å². The Balaban J connectivity index is 2.15. The number of fused-ring (bicyclic) bond motifs is 1. The van der Waals surface area contributed by atoms with Crippen molar-refractivity contribution in [2.75, 3.05) is 7.11 Å². The van der Waals surface area contributed by atoms with E-state index in [1.54, 1.807) is 0 Å². The van der Waals surface area contributed by atoms with Crippen molar-refractivity contribution in [3.8, 4) is 0 Å². The van der Waals surface area contributed by atoms with Crippen molar-refractivity contribution in [2.45, 2.75) is 46.5 Å². The van der Waals surface area contributed by atoms with Crippen molar-refractivity contribution < 1.29 is 9.53 Å². The molecule has 2 heteroatoms. The average molecular weight is 224 g/mol. The van der Waals surface area contributed by atoms with E-state index in [0.717, 1.165) is 30.6 Å². The summed E-state index contributed by atoms with van der Waals surface area (Å²) in [5, 5.41) is 0.